The van der Waals surface area contributed by atoms with Crippen LogP contribution in [0.25, 0.3) is 10.9 Å². The first-order valence-corrected chi connectivity index (χ1v) is 13.0. The van der Waals surface area contributed by atoms with Crippen LogP contribution in [0.5, 0.6) is 0 Å². The van der Waals surface area contributed by atoms with E-state index in [0.717, 1.165) is 27.7 Å². The zero-order valence-corrected chi connectivity index (χ0v) is 21.7. The molecule has 3 aromatic carbocycles. The smallest absolute Gasteiger partial charge is 0.416 e. The first-order valence-electron chi connectivity index (χ1n) is 11.2. The second-order valence-corrected chi connectivity index (χ2v) is 11.9. The van der Waals surface area contributed by atoms with Crippen molar-refractivity contribution in [3.63, 3.8) is 0 Å². The van der Waals surface area contributed by atoms with Crippen molar-refractivity contribution in [2.75, 3.05) is 0 Å². The number of alkyl halides is 3. The Morgan fingerprint density at radius 3 is 2.24 bits per heavy atom. The molecule has 0 aliphatic heterocycles. The van der Waals surface area contributed by atoms with Crippen LogP contribution in [-0.4, -0.2) is 23.5 Å². The number of benzene rings is 3. The maximum Gasteiger partial charge on any atom is 0.416 e. The lowest BCUT2D eigenvalue weighted by Crippen LogP contribution is -2.18. The van der Waals surface area contributed by atoms with Crippen molar-refractivity contribution >= 4 is 38.5 Å². The van der Waals surface area contributed by atoms with Gasteiger partial charge in [-0.15, -0.1) is 0 Å². The molecule has 0 saturated carbocycles. The minimum absolute atomic E-state index is 0.00201. The van der Waals surface area contributed by atoms with Crippen molar-refractivity contribution < 1.29 is 31.5 Å². The minimum atomic E-state index is -4.60. The number of carboxylic acid groups (broad SMARTS) is 1. The summed E-state index contributed by atoms with van der Waals surface area (Å²) in [5.41, 5.74) is 0.219. The summed E-state index contributed by atoms with van der Waals surface area (Å²) >= 11 is 6.10. The molecule has 1 N–H and O–H groups in total. The number of hydrogen-bond acceptors (Lipinski definition) is 3. The number of aromatic nitrogens is 1. The third-order valence-corrected chi connectivity index (χ3v) is 8.12. The molecule has 0 unspecified atom stereocenters. The zero-order valence-electron chi connectivity index (χ0n) is 20.1. The van der Waals surface area contributed by atoms with Crippen molar-refractivity contribution in [2.45, 2.75) is 43.7 Å². The van der Waals surface area contributed by atoms with Crippen LogP contribution < -0.4 is 0 Å². The monoisotopic (exact) mass is 549 g/mol. The van der Waals surface area contributed by atoms with E-state index >= 15 is 0 Å². The molecule has 0 fully saturated rings. The molecule has 37 heavy (non-hydrogen) atoms. The van der Waals surface area contributed by atoms with Gasteiger partial charge < -0.3 is 5.11 Å². The summed E-state index contributed by atoms with van der Waals surface area (Å²) in [6, 6.07) is 15.0. The maximum atomic E-state index is 13.9. The van der Waals surface area contributed by atoms with Gasteiger partial charge in [-0.1, -0.05) is 50.6 Å². The van der Waals surface area contributed by atoms with Crippen molar-refractivity contribution in [1.82, 2.24) is 3.97 Å². The molecule has 0 bridgehead atoms. The molecule has 1 heterocycles. The first kappa shape index (κ1) is 26.8. The lowest BCUT2D eigenvalue weighted by molar-refractivity contribution is -0.137. The lowest BCUT2D eigenvalue weighted by atomic mass is 9.87. The van der Waals surface area contributed by atoms with Crippen LogP contribution in [0.4, 0.5) is 13.2 Å². The normalized spacial score (nSPS) is 12.7. The van der Waals surface area contributed by atoms with Crippen molar-refractivity contribution in [1.29, 1.82) is 0 Å². The fourth-order valence-corrected chi connectivity index (χ4v) is 5.98. The zero-order chi connectivity index (χ0) is 27.3. The fraction of sp³-hybridized carbons (Fsp3) is 0.222. The molecule has 10 heteroatoms. The fourth-order valence-electron chi connectivity index (χ4n) is 4.11. The number of fused-ring (bicyclic) bond motifs is 1. The van der Waals surface area contributed by atoms with Gasteiger partial charge in [-0.25, -0.2) is 17.2 Å². The van der Waals surface area contributed by atoms with E-state index in [4.69, 9.17) is 11.6 Å². The van der Waals surface area contributed by atoms with Gasteiger partial charge in [0.15, 0.2) is 0 Å². The molecule has 0 saturated heterocycles. The van der Waals surface area contributed by atoms with E-state index in [-0.39, 0.29) is 43.9 Å². The summed E-state index contributed by atoms with van der Waals surface area (Å²) in [7, 11) is -4.23. The molecule has 4 rings (SSSR count). The van der Waals surface area contributed by atoms with Gasteiger partial charge in [-0.2, -0.15) is 13.2 Å². The van der Waals surface area contributed by atoms with E-state index in [9.17, 15) is 31.5 Å². The Bertz CT molecular complexity index is 1630. The largest absolute Gasteiger partial charge is 0.478 e. The number of nitrogens with zero attached hydrogens (tertiary/aromatic N) is 1. The molecule has 4 aromatic rings. The molecule has 0 spiro atoms. The van der Waals surface area contributed by atoms with E-state index in [1.165, 1.54) is 30.3 Å². The first-order chi connectivity index (χ1) is 17.1. The van der Waals surface area contributed by atoms with Crippen LogP contribution in [-0.2, 0) is 28.0 Å². The van der Waals surface area contributed by atoms with E-state index in [1.54, 1.807) is 12.1 Å². The van der Waals surface area contributed by atoms with Crippen LogP contribution in [0.2, 0.25) is 5.02 Å². The number of hydrogen-bond donors (Lipinski definition) is 1. The number of rotatable bonds is 5. The number of carbonyl (C=O) groups is 1. The molecule has 0 aliphatic rings. The number of carboxylic acids is 1. The Kier molecular flexibility index (Phi) is 6.67. The van der Waals surface area contributed by atoms with Gasteiger partial charge in [0.05, 0.1) is 26.6 Å². The summed E-state index contributed by atoms with van der Waals surface area (Å²) in [6.07, 6.45) is -4.62. The third kappa shape index (κ3) is 5.24. The Morgan fingerprint density at radius 1 is 0.946 bits per heavy atom. The minimum Gasteiger partial charge on any atom is -0.478 e. The van der Waals surface area contributed by atoms with E-state index in [2.05, 4.69) is 0 Å². The van der Waals surface area contributed by atoms with Gasteiger partial charge >= 0.3 is 12.1 Å². The summed E-state index contributed by atoms with van der Waals surface area (Å²) in [4.78, 5) is 11.3. The molecule has 1 aromatic heterocycles. The van der Waals surface area contributed by atoms with Crippen molar-refractivity contribution in [3.8, 4) is 0 Å². The summed E-state index contributed by atoms with van der Waals surface area (Å²) in [6.45, 7) is 5.83. The van der Waals surface area contributed by atoms with Gasteiger partial charge in [-0.05, 0) is 65.1 Å². The number of aromatic carboxylic acids is 1. The number of halogens is 4. The maximum absolute atomic E-state index is 13.9. The lowest BCUT2D eigenvalue weighted by Gasteiger charge is -2.20. The Hall–Kier alpha value is -3.30. The topological polar surface area (TPSA) is 76.4 Å². The van der Waals surface area contributed by atoms with Gasteiger partial charge in [0, 0.05) is 17.5 Å². The quantitative estimate of drug-likeness (QED) is 0.287. The highest BCUT2D eigenvalue weighted by molar-refractivity contribution is 7.90. The predicted molar refractivity (Wildman–Crippen MR) is 136 cm³/mol. The Morgan fingerprint density at radius 2 is 1.65 bits per heavy atom. The summed E-state index contributed by atoms with van der Waals surface area (Å²) in [5.74, 6) is -1.22. The van der Waals surface area contributed by atoms with E-state index < -0.39 is 27.7 Å². The molecule has 194 valence electrons. The van der Waals surface area contributed by atoms with Gasteiger partial charge in [0.2, 0.25) is 0 Å². The Labute approximate surface area is 217 Å². The molecule has 0 radical (unpaired) electrons. The average Bonchev–Trinajstić information content (AvgIpc) is 3.15. The van der Waals surface area contributed by atoms with Crippen LogP contribution in [0, 0.1) is 0 Å². The average molecular weight is 550 g/mol. The molecule has 0 amide bonds. The highest BCUT2D eigenvalue weighted by atomic mass is 35.5. The Balaban J connectivity index is 1.93. The van der Waals surface area contributed by atoms with Crippen molar-refractivity contribution in [2.24, 2.45) is 0 Å². The molecular formula is C27H23ClF3NO4S. The second-order valence-electron chi connectivity index (χ2n) is 9.75. The van der Waals surface area contributed by atoms with E-state index in [0.29, 0.717) is 5.56 Å². The van der Waals surface area contributed by atoms with Crippen LogP contribution >= 0.6 is 11.6 Å². The second kappa shape index (κ2) is 9.22. The van der Waals surface area contributed by atoms with Gasteiger partial charge in [0.1, 0.15) is 0 Å². The highest BCUT2D eigenvalue weighted by Gasteiger charge is 2.32. The standard InChI is InChI=1S/C27H23ClF3NO4S/c1-26(2,3)18-5-4-6-21(15-18)37(35,36)32-20(11-16-7-9-22(25(33)34)23(28)12-16)14-17-13-19(27(29,30)31)8-10-24(17)32/h4-10,12-15H,11H2,1-3H3,(H,33,34). The highest BCUT2D eigenvalue weighted by Crippen LogP contribution is 2.35. The van der Waals surface area contributed by atoms with Gasteiger partial charge in [-0.3, -0.25) is 0 Å². The molecule has 0 aliphatic carbocycles. The summed E-state index contributed by atoms with van der Waals surface area (Å²) < 4.78 is 69.1. The third-order valence-electron chi connectivity index (χ3n) is 6.04. The predicted octanol–water partition coefficient (Wildman–Crippen LogP) is 7.14. The van der Waals surface area contributed by atoms with Gasteiger partial charge in [0.25, 0.3) is 10.0 Å². The SMILES string of the molecule is CC(C)(C)c1cccc(S(=O)(=O)n2c(Cc3ccc(C(=O)O)c(Cl)c3)cc3cc(C(F)(F)F)ccc32)c1. The summed E-state index contributed by atoms with van der Waals surface area (Å²) in [5, 5.41) is 9.30. The van der Waals surface area contributed by atoms with Crippen LogP contribution in [0.3, 0.4) is 0 Å². The van der Waals surface area contributed by atoms with Crippen LogP contribution in [0.1, 0.15) is 53.5 Å². The molecular weight excluding hydrogens is 527 g/mol. The van der Waals surface area contributed by atoms with E-state index in [1.807, 2.05) is 26.8 Å². The van der Waals surface area contributed by atoms with Crippen LogP contribution in [0.15, 0.2) is 71.6 Å². The molecule has 0 atom stereocenters. The van der Waals surface area contributed by atoms with Crippen molar-refractivity contribution in [3.05, 3.63) is 99.7 Å². The molecule has 5 nitrogen and oxygen atoms in total.